The van der Waals surface area contributed by atoms with Crippen molar-refractivity contribution < 1.29 is 33.4 Å². The number of esters is 3. The van der Waals surface area contributed by atoms with Crippen LogP contribution in [0.2, 0.25) is 0 Å². The topological polar surface area (TPSA) is 172 Å². The van der Waals surface area contributed by atoms with E-state index in [9.17, 15) is 19.2 Å². The van der Waals surface area contributed by atoms with Gasteiger partial charge in [-0.25, -0.2) is 14.6 Å². The highest BCUT2D eigenvalue weighted by molar-refractivity contribution is 5.94. The lowest BCUT2D eigenvalue weighted by atomic mass is 9.93. The van der Waals surface area contributed by atoms with Crippen LogP contribution in [-0.4, -0.2) is 47.0 Å². The van der Waals surface area contributed by atoms with Crippen LogP contribution in [0.15, 0.2) is 41.4 Å². The van der Waals surface area contributed by atoms with Crippen LogP contribution in [0.1, 0.15) is 81.4 Å². The fraction of sp³-hybridized carbons (Fsp3) is 0.452. The summed E-state index contributed by atoms with van der Waals surface area (Å²) in [5.41, 5.74) is 12.8. The molecule has 1 aliphatic heterocycles. The molecule has 2 aromatic carbocycles. The van der Waals surface area contributed by atoms with E-state index in [4.69, 9.17) is 25.7 Å². The minimum Gasteiger partial charge on any atom is -0.460 e. The number of hydrogen-bond acceptors (Lipinski definition) is 8. The van der Waals surface area contributed by atoms with Gasteiger partial charge in [0, 0.05) is 6.42 Å². The number of benzene rings is 2. The van der Waals surface area contributed by atoms with Gasteiger partial charge in [-0.1, -0.05) is 12.1 Å². The highest BCUT2D eigenvalue weighted by Crippen LogP contribution is 2.31. The van der Waals surface area contributed by atoms with E-state index in [0.29, 0.717) is 36.3 Å². The second-order valence-electron chi connectivity index (χ2n) is 12.1. The Bertz CT molecular complexity index is 1380. The zero-order chi connectivity index (χ0) is 31.2. The first kappa shape index (κ1) is 32.1. The van der Waals surface area contributed by atoms with Crippen LogP contribution >= 0.6 is 0 Å². The van der Waals surface area contributed by atoms with Gasteiger partial charge in [0.15, 0.2) is 5.96 Å². The summed E-state index contributed by atoms with van der Waals surface area (Å²) < 4.78 is 16.5. The maximum Gasteiger partial charge on any atom is 0.343 e. The number of carbonyl (C=O) groups is 4. The highest BCUT2D eigenvalue weighted by Gasteiger charge is 2.31. The van der Waals surface area contributed by atoms with E-state index in [1.807, 2.05) is 6.07 Å². The third kappa shape index (κ3) is 9.60. The summed E-state index contributed by atoms with van der Waals surface area (Å²) in [6.07, 6.45) is 1.02. The molecule has 3 rings (SSSR count). The zero-order valence-corrected chi connectivity index (χ0v) is 25.0. The number of nitrogens with one attached hydrogen (secondary N) is 1. The number of aliphatic imine (C=N–C) groups is 1. The predicted octanol–water partition coefficient (Wildman–Crippen LogP) is 3.40. The van der Waals surface area contributed by atoms with E-state index in [1.54, 1.807) is 71.9 Å². The third-order valence-electron chi connectivity index (χ3n) is 6.08. The summed E-state index contributed by atoms with van der Waals surface area (Å²) in [5.74, 6) is -1.96. The molecular weight excluding hydrogens is 540 g/mol. The van der Waals surface area contributed by atoms with Gasteiger partial charge in [0.05, 0.1) is 17.7 Å². The first-order chi connectivity index (χ1) is 19.5. The molecule has 2 aromatic rings. The zero-order valence-electron chi connectivity index (χ0n) is 25.0. The summed E-state index contributed by atoms with van der Waals surface area (Å²) >= 11 is 0. The standard InChI is InChI=1S/C31H40N4O7/c1-30(2,3)41-26(37)17-23(28(39)42-31(4,5)6)35-25(36)15-11-18-8-7-9-24-21(18)13-10-19-16-20(34-29(32)33)12-14-22(19)27(38)40-24/h7-9,12,14,16,23H,10-11,13,15,17H2,1-6H3,(H,35,36)(H4,32,33,34)/t23-/m0/s1. The quantitative estimate of drug-likeness (QED) is 0.183. The monoisotopic (exact) mass is 580 g/mol. The third-order valence-corrected chi connectivity index (χ3v) is 6.08. The largest absolute Gasteiger partial charge is 0.460 e. The lowest BCUT2D eigenvalue weighted by Crippen LogP contribution is -2.46. The number of ether oxygens (including phenoxy) is 3. The average molecular weight is 581 g/mol. The lowest BCUT2D eigenvalue weighted by molar-refractivity contribution is -0.165. The van der Waals surface area contributed by atoms with E-state index in [-0.39, 0.29) is 18.8 Å². The molecule has 0 spiro atoms. The Hall–Kier alpha value is -4.41. The molecule has 1 aliphatic rings. The van der Waals surface area contributed by atoms with Crippen molar-refractivity contribution in [3.8, 4) is 5.75 Å². The fourth-order valence-electron chi connectivity index (χ4n) is 4.47. The molecule has 1 atom stereocenters. The summed E-state index contributed by atoms with van der Waals surface area (Å²) in [6, 6.07) is 9.16. The van der Waals surface area contributed by atoms with E-state index in [1.165, 1.54) is 0 Å². The van der Waals surface area contributed by atoms with E-state index < -0.39 is 41.1 Å². The Balaban J connectivity index is 1.75. The Kier molecular flexibility index (Phi) is 9.98. The molecule has 226 valence electrons. The van der Waals surface area contributed by atoms with Crippen molar-refractivity contribution in [1.29, 1.82) is 0 Å². The van der Waals surface area contributed by atoms with Gasteiger partial charge in [-0.15, -0.1) is 0 Å². The van der Waals surface area contributed by atoms with Crippen molar-refractivity contribution in [3.05, 3.63) is 58.7 Å². The van der Waals surface area contributed by atoms with Crippen molar-refractivity contribution in [1.82, 2.24) is 5.32 Å². The smallest absolute Gasteiger partial charge is 0.343 e. The predicted molar refractivity (Wildman–Crippen MR) is 157 cm³/mol. The molecule has 42 heavy (non-hydrogen) atoms. The number of hydrogen-bond donors (Lipinski definition) is 3. The Morgan fingerprint density at radius 2 is 1.69 bits per heavy atom. The highest BCUT2D eigenvalue weighted by atomic mass is 16.6. The van der Waals surface area contributed by atoms with Crippen molar-refractivity contribution in [2.45, 2.75) is 90.9 Å². The number of nitrogens with two attached hydrogens (primary N) is 2. The second-order valence-corrected chi connectivity index (χ2v) is 12.1. The van der Waals surface area contributed by atoms with Crippen molar-refractivity contribution >= 4 is 35.5 Å². The molecule has 1 amide bonds. The number of carbonyl (C=O) groups excluding carboxylic acids is 4. The van der Waals surface area contributed by atoms with Gasteiger partial charge in [-0.2, -0.15) is 0 Å². The van der Waals surface area contributed by atoms with E-state index >= 15 is 0 Å². The van der Waals surface area contributed by atoms with Crippen LogP contribution in [0.25, 0.3) is 0 Å². The number of nitrogens with zero attached hydrogens (tertiary/aromatic N) is 1. The van der Waals surface area contributed by atoms with Gasteiger partial charge < -0.3 is 31.0 Å². The number of aryl methyl sites for hydroxylation is 2. The van der Waals surface area contributed by atoms with Crippen molar-refractivity contribution in [2.75, 3.05) is 0 Å². The average Bonchev–Trinajstić information content (AvgIpc) is 2.83. The second kappa shape index (κ2) is 13.1. The van der Waals surface area contributed by atoms with Gasteiger partial charge in [0.25, 0.3) is 0 Å². The first-order valence-electron chi connectivity index (χ1n) is 13.8. The van der Waals surface area contributed by atoms with E-state index in [0.717, 1.165) is 16.7 Å². The molecule has 0 fully saturated rings. The van der Waals surface area contributed by atoms with Crippen LogP contribution in [0.3, 0.4) is 0 Å². The summed E-state index contributed by atoms with van der Waals surface area (Å²) in [4.78, 5) is 55.3. The van der Waals surface area contributed by atoms with Crippen LogP contribution < -0.4 is 21.5 Å². The SMILES string of the molecule is CC(C)(C)OC(=O)C[C@H](NC(=O)CCc1cccc2c1CCc1cc(N=C(N)N)ccc1C(=O)O2)C(=O)OC(C)(C)C. The fourth-order valence-corrected chi connectivity index (χ4v) is 4.47. The molecule has 0 bridgehead atoms. The van der Waals surface area contributed by atoms with Crippen LogP contribution in [0.4, 0.5) is 5.69 Å². The van der Waals surface area contributed by atoms with Gasteiger partial charge in [-0.05, 0) is 102 Å². The van der Waals surface area contributed by atoms with Gasteiger partial charge in [0.2, 0.25) is 5.91 Å². The Morgan fingerprint density at radius 1 is 1.00 bits per heavy atom. The summed E-state index contributed by atoms with van der Waals surface area (Å²) in [7, 11) is 0. The Morgan fingerprint density at radius 3 is 2.33 bits per heavy atom. The normalized spacial score (nSPS) is 13.7. The molecule has 0 aliphatic carbocycles. The molecule has 5 N–H and O–H groups in total. The molecular formula is C31H40N4O7. The molecule has 0 radical (unpaired) electrons. The number of rotatable bonds is 8. The molecule has 0 unspecified atom stereocenters. The van der Waals surface area contributed by atoms with Crippen LogP contribution in [0, 0.1) is 0 Å². The maximum absolute atomic E-state index is 13.0. The molecule has 11 heteroatoms. The minimum absolute atomic E-state index is 0.0171. The minimum atomic E-state index is -1.21. The molecule has 1 heterocycles. The van der Waals surface area contributed by atoms with Crippen LogP contribution in [-0.2, 0) is 43.1 Å². The van der Waals surface area contributed by atoms with Crippen molar-refractivity contribution in [3.63, 3.8) is 0 Å². The number of amides is 1. The van der Waals surface area contributed by atoms with Gasteiger partial charge >= 0.3 is 17.9 Å². The maximum atomic E-state index is 13.0. The summed E-state index contributed by atoms with van der Waals surface area (Å²) in [5, 5.41) is 2.64. The van der Waals surface area contributed by atoms with Crippen molar-refractivity contribution in [2.24, 2.45) is 16.5 Å². The molecule has 0 saturated carbocycles. The van der Waals surface area contributed by atoms with Crippen LogP contribution in [0.5, 0.6) is 5.75 Å². The number of guanidine groups is 1. The van der Waals surface area contributed by atoms with Gasteiger partial charge in [0.1, 0.15) is 23.0 Å². The summed E-state index contributed by atoms with van der Waals surface area (Å²) in [6.45, 7) is 10.3. The first-order valence-corrected chi connectivity index (χ1v) is 13.8. The molecule has 0 aromatic heterocycles. The molecule has 11 nitrogen and oxygen atoms in total. The van der Waals surface area contributed by atoms with Gasteiger partial charge in [-0.3, -0.25) is 9.59 Å². The lowest BCUT2D eigenvalue weighted by Gasteiger charge is -2.26. The molecule has 0 saturated heterocycles. The number of fused-ring (bicyclic) bond motifs is 2. The Labute approximate surface area is 246 Å². The van der Waals surface area contributed by atoms with E-state index in [2.05, 4.69) is 10.3 Å².